The van der Waals surface area contributed by atoms with Gasteiger partial charge < -0.3 is 20.1 Å². The summed E-state index contributed by atoms with van der Waals surface area (Å²) < 4.78 is 11.0. The Bertz CT molecular complexity index is 793. The highest BCUT2D eigenvalue weighted by molar-refractivity contribution is 14.0. The first-order valence-electron chi connectivity index (χ1n) is 9.02. The Morgan fingerprint density at radius 1 is 1.19 bits per heavy atom. The highest BCUT2D eigenvalue weighted by Crippen LogP contribution is 2.25. The van der Waals surface area contributed by atoms with Gasteiger partial charge >= 0.3 is 0 Å². The van der Waals surface area contributed by atoms with Gasteiger partial charge in [-0.25, -0.2) is 0 Å². The first kappa shape index (κ1) is 21.3. The molecule has 0 atom stereocenters. The molecule has 2 aromatic rings. The van der Waals surface area contributed by atoms with E-state index >= 15 is 0 Å². The Labute approximate surface area is 178 Å². The van der Waals surface area contributed by atoms with Crippen LogP contribution < -0.4 is 20.1 Å². The largest absolute Gasteiger partial charge is 0.496 e. The summed E-state index contributed by atoms with van der Waals surface area (Å²) in [5, 5.41) is 6.72. The third-order valence-electron chi connectivity index (χ3n) is 4.57. The summed E-state index contributed by atoms with van der Waals surface area (Å²) >= 11 is 0. The van der Waals surface area contributed by atoms with E-state index in [0.29, 0.717) is 6.54 Å². The molecule has 0 saturated carbocycles. The minimum Gasteiger partial charge on any atom is -0.496 e. The van der Waals surface area contributed by atoms with E-state index in [2.05, 4.69) is 52.9 Å². The second-order valence-corrected chi connectivity index (χ2v) is 6.46. The summed E-state index contributed by atoms with van der Waals surface area (Å²) in [5.74, 6) is 2.72. The molecule has 0 spiro atoms. The number of nitrogens with one attached hydrogen (secondary N) is 2. The van der Waals surface area contributed by atoms with Crippen LogP contribution in [0.1, 0.15) is 22.3 Å². The van der Waals surface area contributed by atoms with E-state index in [9.17, 15) is 0 Å². The molecule has 0 saturated heterocycles. The lowest BCUT2D eigenvalue weighted by atomic mass is 10.1. The maximum absolute atomic E-state index is 5.56. The molecule has 1 aliphatic rings. The predicted octanol–water partition coefficient (Wildman–Crippen LogP) is 3.46. The number of aryl methyl sites for hydroxylation is 1. The van der Waals surface area contributed by atoms with Crippen LogP contribution in [0.4, 0.5) is 0 Å². The van der Waals surface area contributed by atoms with Crippen molar-refractivity contribution in [1.82, 2.24) is 10.6 Å². The average Bonchev–Trinajstić information content (AvgIpc) is 3.13. The van der Waals surface area contributed by atoms with E-state index < -0.39 is 0 Å². The van der Waals surface area contributed by atoms with Crippen LogP contribution in [0.5, 0.6) is 11.5 Å². The molecule has 27 heavy (non-hydrogen) atoms. The fourth-order valence-corrected chi connectivity index (χ4v) is 3.12. The molecular formula is C21H28IN3O2. The van der Waals surface area contributed by atoms with Crippen molar-refractivity contribution in [1.29, 1.82) is 0 Å². The summed E-state index contributed by atoms with van der Waals surface area (Å²) in [6.07, 6.45) is 1.96. The molecule has 0 unspecified atom stereocenters. The van der Waals surface area contributed by atoms with Crippen molar-refractivity contribution >= 4 is 29.9 Å². The normalized spacial score (nSPS) is 12.6. The number of guanidine groups is 1. The Morgan fingerprint density at radius 2 is 2.04 bits per heavy atom. The molecule has 0 aromatic heterocycles. The zero-order valence-corrected chi connectivity index (χ0v) is 18.5. The molecule has 146 valence electrons. The quantitative estimate of drug-likeness (QED) is 0.377. The van der Waals surface area contributed by atoms with E-state index in [1.807, 2.05) is 6.07 Å². The molecule has 3 rings (SSSR count). The van der Waals surface area contributed by atoms with Crippen molar-refractivity contribution in [2.24, 2.45) is 4.99 Å². The number of aliphatic imine (C=N–C) groups is 1. The molecule has 0 amide bonds. The molecule has 1 aliphatic heterocycles. The smallest absolute Gasteiger partial charge is 0.191 e. The number of methoxy groups -OCH3 is 1. The Kier molecular flexibility index (Phi) is 8.22. The lowest BCUT2D eigenvalue weighted by Gasteiger charge is -2.14. The van der Waals surface area contributed by atoms with Gasteiger partial charge in [0.1, 0.15) is 11.5 Å². The Balaban J connectivity index is 0.00000261. The number of rotatable bonds is 6. The first-order valence-corrected chi connectivity index (χ1v) is 9.02. The number of hydrogen-bond acceptors (Lipinski definition) is 3. The molecule has 0 bridgehead atoms. The lowest BCUT2D eigenvalue weighted by molar-refractivity contribution is 0.357. The van der Waals surface area contributed by atoms with Crippen molar-refractivity contribution in [2.75, 3.05) is 27.3 Å². The van der Waals surface area contributed by atoms with Crippen molar-refractivity contribution in [3.05, 3.63) is 58.7 Å². The second kappa shape index (κ2) is 10.4. The molecule has 0 radical (unpaired) electrons. The minimum absolute atomic E-state index is 0. The summed E-state index contributed by atoms with van der Waals surface area (Å²) in [5.41, 5.74) is 4.93. The summed E-state index contributed by atoms with van der Waals surface area (Å²) in [6.45, 7) is 4.35. The standard InChI is InChI=1S/C21H27N3O2.HI/c1-15-4-6-18(20(12-15)25-3)14-24-21(22-2)23-10-8-16-5-7-19-17(13-16)9-11-26-19;/h4-7,12-13H,8-11,14H2,1-3H3,(H2,22,23,24);1H. The van der Waals surface area contributed by atoms with E-state index in [1.54, 1.807) is 14.2 Å². The van der Waals surface area contributed by atoms with E-state index in [4.69, 9.17) is 9.47 Å². The van der Waals surface area contributed by atoms with Gasteiger partial charge in [-0.05, 0) is 42.2 Å². The summed E-state index contributed by atoms with van der Waals surface area (Å²) in [7, 11) is 3.49. The molecular weight excluding hydrogens is 453 g/mol. The average molecular weight is 481 g/mol. The molecule has 0 fully saturated rings. The van der Waals surface area contributed by atoms with Gasteiger partial charge in [-0.2, -0.15) is 0 Å². The SMILES string of the molecule is CN=C(NCCc1ccc2c(c1)CCO2)NCc1ccc(C)cc1OC.I. The van der Waals surface area contributed by atoms with Gasteiger partial charge in [0.2, 0.25) is 0 Å². The van der Waals surface area contributed by atoms with Gasteiger partial charge in [-0.3, -0.25) is 4.99 Å². The van der Waals surface area contributed by atoms with Gasteiger partial charge in [0.15, 0.2) is 5.96 Å². The molecule has 2 N–H and O–H groups in total. The maximum Gasteiger partial charge on any atom is 0.191 e. The second-order valence-electron chi connectivity index (χ2n) is 6.46. The number of benzene rings is 2. The molecule has 6 heteroatoms. The van der Waals surface area contributed by atoms with Crippen LogP contribution in [-0.4, -0.2) is 33.3 Å². The zero-order valence-electron chi connectivity index (χ0n) is 16.2. The van der Waals surface area contributed by atoms with Crippen LogP contribution in [0.15, 0.2) is 41.4 Å². The minimum atomic E-state index is 0. The van der Waals surface area contributed by atoms with Crippen LogP contribution in [0.3, 0.4) is 0 Å². The zero-order chi connectivity index (χ0) is 18.4. The van der Waals surface area contributed by atoms with Crippen LogP contribution in [0, 0.1) is 6.92 Å². The highest BCUT2D eigenvalue weighted by atomic mass is 127. The third-order valence-corrected chi connectivity index (χ3v) is 4.57. The predicted molar refractivity (Wildman–Crippen MR) is 121 cm³/mol. The Morgan fingerprint density at radius 3 is 2.81 bits per heavy atom. The fourth-order valence-electron chi connectivity index (χ4n) is 3.12. The van der Waals surface area contributed by atoms with Gasteiger partial charge in [0.25, 0.3) is 0 Å². The molecule has 1 heterocycles. The number of ether oxygens (including phenoxy) is 2. The number of fused-ring (bicyclic) bond motifs is 1. The van der Waals surface area contributed by atoms with E-state index in [1.165, 1.54) is 16.7 Å². The fraction of sp³-hybridized carbons (Fsp3) is 0.381. The maximum atomic E-state index is 5.56. The van der Waals surface area contributed by atoms with Crippen molar-refractivity contribution in [2.45, 2.75) is 26.3 Å². The monoisotopic (exact) mass is 481 g/mol. The first-order chi connectivity index (χ1) is 12.7. The van der Waals surface area contributed by atoms with Gasteiger partial charge in [0.05, 0.1) is 13.7 Å². The highest BCUT2D eigenvalue weighted by Gasteiger charge is 2.11. The molecule has 5 nitrogen and oxygen atoms in total. The van der Waals surface area contributed by atoms with Gasteiger partial charge in [-0.1, -0.05) is 24.3 Å². The Hall–Kier alpha value is -1.96. The number of halogens is 1. The van der Waals surface area contributed by atoms with Gasteiger partial charge in [-0.15, -0.1) is 24.0 Å². The van der Waals surface area contributed by atoms with E-state index in [0.717, 1.165) is 49.0 Å². The van der Waals surface area contributed by atoms with Crippen molar-refractivity contribution in [3.8, 4) is 11.5 Å². The van der Waals surface area contributed by atoms with Crippen LogP contribution >= 0.6 is 24.0 Å². The van der Waals surface area contributed by atoms with Crippen molar-refractivity contribution < 1.29 is 9.47 Å². The number of hydrogen-bond donors (Lipinski definition) is 2. The summed E-state index contributed by atoms with van der Waals surface area (Å²) in [4.78, 5) is 4.30. The molecule has 2 aromatic carbocycles. The van der Waals surface area contributed by atoms with Crippen molar-refractivity contribution in [3.63, 3.8) is 0 Å². The number of nitrogens with zero attached hydrogens (tertiary/aromatic N) is 1. The third kappa shape index (κ3) is 5.76. The summed E-state index contributed by atoms with van der Waals surface area (Å²) in [6, 6.07) is 12.7. The van der Waals surface area contributed by atoms with Crippen LogP contribution in [-0.2, 0) is 19.4 Å². The lowest BCUT2D eigenvalue weighted by Crippen LogP contribution is -2.37. The van der Waals surface area contributed by atoms with Gasteiger partial charge in [0, 0.05) is 32.1 Å². The van der Waals surface area contributed by atoms with Crippen LogP contribution in [0.2, 0.25) is 0 Å². The van der Waals surface area contributed by atoms with Crippen LogP contribution in [0.25, 0.3) is 0 Å². The topological polar surface area (TPSA) is 54.9 Å². The molecule has 0 aliphatic carbocycles. The van der Waals surface area contributed by atoms with E-state index in [-0.39, 0.29) is 24.0 Å².